The molecule has 26 heavy (non-hydrogen) atoms. The van der Waals surface area contributed by atoms with Gasteiger partial charge in [0.1, 0.15) is 5.82 Å². The molecule has 1 amide bonds. The van der Waals surface area contributed by atoms with E-state index in [1.54, 1.807) is 6.92 Å². The van der Waals surface area contributed by atoms with Gasteiger partial charge in [-0.1, -0.05) is 64.2 Å². The first kappa shape index (κ1) is 20.2. The van der Waals surface area contributed by atoms with Crippen molar-refractivity contribution in [2.45, 2.75) is 78.3 Å². The summed E-state index contributed by atoms with van der Waals surface area (Å²) in [7, 11) is 0. The van der Waals surface area contributed by atoms with Crippen LogP contribution >= 0.6 is 0 Å². The Morgan fingerprint density at radius 2 is 1.81 bits per heavy atom. The van der Waals surface area contributed by atoms with Gasteiger partial charge in [0.25, 0.3) is 0 Å². The first-order valence-electron chi connectivity index (χ1n) is 9.96. The maximum absolute atomic E-state index is 12.0. The lowest BCUT2D eigenvalue weighted by Gasteiger charge is -2.16. The number of amides is 1. The Bertz CT molecular complexity index is 732. The monoisotopic (exact) mass is 355 g/mol. The molecule has 2 aromatic rings. The van der Waals surface area contributed by atoms with Gasteiger partial charge in [-0.05, 0) is 32.4 Å². The fraction of sp³-hybridized carbons (Fsp3) is 0.545. The van der Waals surface area contributed by atoms with Crippen LogP contribution in [0.5, 0.6) is 0 Å². The molecule has 4 heteroatoms. The number of nitrogens with one attached hydrogen (secondary N) is 1. The summed E-state index contributed by atoms with van der Waals surface area (Å²) in [5, 5.41) is 3.00. The highest BCUT2D eigenvalue weighted by molar-refractivity contribution is 5.92. The maximum atomic E-state index is 12.0. The van der Waals surface area contributed by atoms with Crippen LogP contribution in [0.4, 0.5) is 0 Å². The van der Waals surface area contributed by atoms with Gasteiger partial charge in [0, 0.05) is 12.1 Å². The lowest BCUT2D eigenvalue weighted by atomic mass is 10.1. The van der Waals surface area contributed by atoms with Gasteiger partial charge in [0.2, 0.25) is 5.91 Å². The van der Waals surface area contributed by atoms with Gasteiger partial charge < -0.3 is 9.88 Å². The van der Waals surface area contributed by atoms with E-state index in [9.17, 15) is 4.79 Å². The van der Waals surface area contributed by atoms with Crippen molar-refractivity contribution in [3.63, 3.8) is 0 Å². The van der Waals surface area contributed by atoms with E-state index in [-0.39, 0.29) is 11.9 Å². The summed E-state index contributed by atoms with van der Waals surface area (Å²) in [6, 6.07) is 8.06. The molecule has 0 fully saturated rings. The number of benzene rings is 1. The zero-order chi connectivity index (χ0) is 18.9. The number of hydrogen-bond donors (Lipinski definition) is 1. The van der Waals surface area contributed by atoms with Crippen LogP contribution in [0.1, 0.15) is 77.6 Å². The van der Waals surface area contributed by atoms with E-state index in [1.807, 2.05) is 25.1 Å². The topological polar surface area (TPSA) is 46.9 Å². The number of carbonyl (C=O) groups is 1. The minimum Gasteiger partial charge on any atom is -0.343 e. The van der Waals surface area contributed by atoms with E-state index >= 15 is 0 Å². The third-order valence-corrected chi connectivity index (χ3v) is 4.79. The highest BCUT2D eigenvalue weighted by Crippen LogP contribution is 2.22. The van der Waals surface area contributed by atoms with Crippen molar-refractivity contribution in [3.8, 4) is 0 Å². The van der Waals surface area contributed by atoms with E-state index in [1.165, 1.54) is 38.5 Å². The third-order valence-electron chi connectivity index (χ3n) is 4.79. The smallest absolute Gasteiger partial charge is 0.246 e. The first-order chi connectivity index (χ1) is 12.5. The van der Waals surface area contributed by atoms with Gasteiger partial charge in [-0.2, -0.15) is 0 Å². The summed E-state index contributed by atoms with van der Waals surface area (Å²) in [5.74, 6) is 0.804. The molecule has 0 aliphatic heterocycles. The van der Waals surface area contributed by atoms with Crippen LogP contribution in [0.25, 0.3) is 11.0 Å². The van der Waals surface area contributed by atoms with Gasteiger partial charge in [-0.3, -0.25) is 4.79 Å². The fourth-order valence-corrected chi connectivity index (χ4v) is 3.27. The molecule has 0 saturated heterocycles. The second-order valence-corrected chi connectivity index (χ2v) is 7.21. The number of fused-ring (bicyclic) bond motifs is 1. The number of unbranched alkanes of at least 4 members (excludes halogenated alkanes) is 6. The molecule has 0 radical (unpaired) electrons. The molecule has 0 saturated carbocycles. The van der Waals surface area contributed by atoms with Gasteiger partial charge >= 0.3 is 0 Å². The van der Waals surface area contributed by atoms with Crippen molar-refractivity contribution in [1.82, 2.24) is 14.9 Å². The minimum atomic E-state index is -0.142. The number of imidazole rings is 1. The minimum absolute atomic E-state index is 0.118. The molecule has 1 aromatic heterocycles. The number of carbonyl (C=O) groups excluding carboxylic acids is 1. The predicted octanol–water partition coefficient (Wildman–Crippen LogP) is 5.54. The molecule has 0 bridgehead atoms. The van der Waals surface area contributed by atoms with Crippen LogP contribution in [0, 0.1) is 0 Å². The second-order valence-electron chi connectivity index (χ2n) is 7.21. The van der Waals surface area contributed by atoms with Gasteiger partial charge in [-0.25, -0.2) is 4.98 Å². The van der Waals surface area contributed by atoms with E-state index in [0.29, 0.717) is 5.57 Å². The Morgan fingerprint density at radius 3 is 2.50 bits per heavy atom. The van der Waals surface area contributed by atoms with Crippen molar-refractivity contribution in [3.05, 3.63) is 42.2 Å². The standard InChI is InChI=1S/C22H33N3O/c1-5-6-7-8-9-10-13-16-25-20-15-12-11-14-19(20)24-21(25)18(4)23-22(26)17(2)3/h11-12,14-15,18H,2,5-10,13,16H2,1,3-4H3,(H,23,26). The van der Waals surface area contributed by atoms with Crippen LogP contribution < -0.4 is 5.32 Å². The largest absolute Gasteiger partial charge is 0.343 e. The summed E-state index contributed by atoms with van der Waals surface area (Å²) in [6.07, 6.45) is 8.98. The fourth-order valence-electron chi connectivity index (χ4n) is 3.27. The third kappa shape index (κ3) is 5.45. The van der Waals surface area contributed by atoms with E-state index in [0.717, 1.165) is 29.8 Å². The summed E-state index contributed by atoms with van der Waals surface area (Å²) >= 11 is 0. The Kier molecular flexibility index (Phi) is 7.89. The van der Waals surface area contributed by atoms with Crippen molar-refractivity contribution in [1.29, 1.82) is 0 Å². The Labute approximate surface area is 157 Å². The zero-order valence-electron chi connectivity index (χ0n) is 16.6. The highest BCUT2D eigenvalue weighted by Gasteiger charge is 2.18. The van der Waals surface area contributed by atoms with Crippen LogP contribution in [-0.2, 0) is 11.3 Å². The van der Waals surface area contributed by atoms with Crippen molar-refractivity contribution < 1.29 is 4.79 Å². The molecule has 4 nitrogen and oxygen atoms in total. The van der Waals surface area contributed by atoms with Gasteiger partial charge in [-0.15, -0.1) is 0 Å². The van der Waals surface area contributed by atoms with E-state index < -0.39 is 0 Å². The normalized spacial score (nSPS) is 12.3. The summed E-state index contributed by atoms with van der Waals surface area (Å²) < 4.78 is 2.27. The molecular formula is C22H33N3O. The molecule has 1 N–H and O–H groups in total. The molecule has 1 atom stereocenters. The summed E-state index contributed by atoms with van der Waals surface area (Å²) in [4.78, 5) is 16.8. The average Bonchev–Trinajstić information content (AvgIpc) is 2.99. The van der Waals surface area contributed by atoms with Crippen molar-refractivity contribution in [2.75, 3.05) is 0 Å². The molecular weight excluding hydrogens is 322 g/mol. The second kappa shape index (κ2) is 10.1. The first-order valence-corrected chi connectivity index (χ1v) is 9.96. The number of nitrogens with zero attached hydrogens (tertiary/aromatic N) is 2. The van der Waals surface area contributed by atoms with Gasteiger partial charge in [0.15, 0.2) is 0 Å². The number of aromatic nitrogens is 2. The molecule has 0 aliphatic rings. The molecule has 142 valence electrons. The zero-order valence-corrected chi connectivity index (χ0v) is 16.6. The van der Waals surface area contributed by atoms with Crippen LogP contribution in [-0.4, -0.2) is 15.5 Å². The van der Waals surface area contributed by atoms with E-state index in [2.05, 4.69) is 29.5 Å². The van der Waals surface area contributed by atoms with Crippen molar-refractivity contribution in [2.24, 2.45) is 0 Å². The number of hydrogen-bond acceptors (Lipinski definition) is 2. The molecule has 0 aliphatic carbocycles. The van der Waals surface area contributed by atoms with Crippen LogP contribution in [0.15, 0.2) is 36.4 Å². The predicted molar refractivity (Wildman–Crippen MR) is 109 cm³/mol. The van der Waals surface area contributed by atoms with Gasteiger partial charge in [0.05, 0.1) is 17.1 Å². The molecule has 1 heterocycles. The summed E-state index contributed by atoms with van der Waals surface area (Å²) in [6.45, 7) is 10.6. The number of para-hydroxylation sites is 2. The number of aryl methyl sites for hydroxylation is 1. The number of rotatable bonds is 11. The molecule has 0 spiro atoms. The Hall–Kier alpha value is -2.10. The molecule has 1 aromatic carbocycles. The lowest BCUT2D eigenvalue weighted by Crippen LogP contribution is -2.29. The SMILES string of the molecule is C=C(C)C(=O)NC(C)c1nc2ccccc2n1CCCCCCCCC. The molecule has 2 rings (SSSR count). The molecule has 1 unspecified atom stereocenters. The van der Waals surface area contributed by atoms with Crippen LogP contribution in [0.3, 0.4) is 0 Å². The maximum Gasteiger partial charge on any atom is 0.246 e. The Balaban J connectivity index is 2.05. The van der Waals surface area contributed by atoms with Crippen LogP contribution in [0.2, 0.25) is 0 Å². The lowest BCUT2D eigenvalue weighted by molar-refractivity contribution is -0.118. The quantitative estimate of drug-likeness (QED) is 0.425. The Morgan fingerprint density at radius 1 is 1.15 bits per heavy atom. The van der Waals surface area contributed by atoms with Crippen molar-refractivity contribution >= 4 is 16.9 Å². The summed E-state index contributed by atoms with van der Waals surface area (Å²) in [5.41, 5.74) is 2.65. The highest BCUT2D eigenvalue weighted by atomic mass is 16.1. The van der Waals surface area contributed by atoms with E-state index in [4.69, 9.17) is 4.98 Å². The average molecular weight is 356 g/mol.